The van der Waals surface area contributed by atoms with Crippen LogP contribution in [-0.4, -0.2) is 26.1 Å². The van der Waals surface area contributed by atoms with Gasteiger partial charge in [0.1, 0.15) is 5.75 Å². The lowest BCUT2D eigenvalue weighted by Crippen LogP contribution is -2.29. The molecule has 1 aromatic carbocycles. The number of aryl methyl sites for hydroxylation is 1. The van der Waals surface area contributed by atoms with E-state index in [1.165, 1.54) is 5.56 Å². The highest BCUT2D eigenvalue weighted by atomic mass is 28.4. The molecule has 116 valence electrons. The monoisotopic (exact) mass is 312 g/mol. The van der Waals surface area contributed by atoms with Crippen LogP contribution in [0.15, 0.2) is 47.6 Å². The normalized spacial score (nSPS) is 11.8. The molecule has 2 aromatic rings. The molecule has 0 saturated heterocycles. The molecule has 0 aliphatic heterocycles. The summed E-state index contributed by atoms with van der Waals surface area (Å²) in [6.07, 6.45) is 4.57. The summed E-state index contributed by atoms with van der Waals surface area (Å²) in [5.41, 5.74) is 3.28. The van der Waals surface area contributed by atoms with Crippen LogP contribution in [0.1, 0.15) is 16.8 Å². The molecule has 0 amide bonds. The fourth-order valence-corrected chi connectivity index (χ4v) is 2.90. The summed E-state index contributed by atoms with van der Waals surface area (Å²) in [5.74, 6) is 1.00. The maximum Gasteiger partial charge on any atom is 0.242 e. The predicted octanol–water partition coefficient (Wildman–Crippen LogP) is 4.27. The Morgan fingerprint density at radius 1 is 1.14 bits per heavy atom. The molecule has 1 heterocycles. The summed E-state index contributed by atoms with van der Waals surface area (Å²) in [5, 5.41) is 0. The van der Waals surface area contributed by atoms with Crippen LogP contribution in [0, 0.1) is 6.92 Å². The molecule has 22 heavy (non-hydrogen) atoms. The molecule has 1 aromatic heterocycles. The van der Waals surface area contributed by atoms with Crippen LogP contribution in [0.5, 0.6) is 5.75 Å². The second-order valence-electron chi connectivity index (χ2n) is 6.37. The molecule has 0 fully saturated rings. The SMILES string of the molecule is Cc1ccc(C=NCCc2ccccc2O[Si](C)(C)C)nc1. The van der Waals surface area contributed by atoms with Crippen LogP contribution in [0.2, 0.25) is 19.6 Å². The van der Waals surface area contributed by atoms with E-state index >= 15 is 0 Å². The third-order valence-corrected chi connectivity index (χ3v) is 3.89. The molecule has 0 N–H and O–H groups in total. The third kappa shape index (κ3) is 5.45. The Kier molecular flexibility index (Phi) is 5.50. The molecule has 0 saturated carbocycles. The number of aliphatic imine (C=N–C) groups is 1. The first-order valence-electron chi connectivity index (χ1n) is 7.63. The van der Waals surface area contributed by atoms with E-state index in [-0.39, 0.29) is 0 Å². The minimum absolute atomic E-state index is 0.738. The van der Waals surface area contributed by atoms with Crippen molar-refractivity contribution in [2.45, 2.75) is 33.0 Å². The highest BCUT2D eigenvalue weighted by molar-refractivity contribution is 6.70. The molecule has 2 rings (SSSR count). The van der Waals surface area contributed by atoms with E-state index in [1.54, 1.807) is 0 Å². The van der Waals surface area contributed by atoms with Gasteiger partial charge in [-0.25, -0.2) is 0 Å². The van der Waals surface area contributed by atoms with E-state index < -0.39 is 8.32 Å². The lowest BCUT2D eigenvalue weighted by molar-refractivity contribution is 0.549. The Hall–Kier alpha value is -1.94. The molecule has 0 bridgehead atoms. The summed E-state index contributed by atoms with van der Waals surface area (Å²) in [6.45, 7) is 9.37. The molecular weight excluding hydrogens is 288 g/mol. The molecular formula is C18H24N2OSi. The quantitative estimate of drug-likeness (QED) is 0.590. The van der Waals surface area contributed by atoms with Gasteiger partial charge in [-0.2, -0.15) is 0 Å². The zero-order chi connectivity index (χ0) is 16.0. The Morgan fingerprint density at radius 3 is 2.59 bits per heavy atom. The van der Waals surface area contributed by atoms with Gasteiger partial charge < -0.3 is 4.43 Å². The number of pyridine rings is 1. The van der Waals surface area contributed by atoms with Crippen LogP contribution in [0.3, 0.4) is 0 Å². The lowest BCUT2D eigenvalue weighted by atomic mass is 10.1. The summed E-state index contributed by atoms with van der Waals surface area (Å²) >= 11 is 0. The van der Waals surface area contributed by atoms with Crippen molar-refractivity contribution in [2.75, 3.05) is 6.54 Å². The second kappa shape index (κ2) is 7.36. The maximum absolute atomic E-state index is 6.14. The zero-order valence-corrected chi connectivity index (χ0v) is 14.8. The van der Waals surface area contributed by atoms with Gasteiger partial charge in [0, 0.05) is 19.0 Å². The molecule has 3 nitrogen and oxygen atoms in total. The summed E-state index contributed by atoms with van der Waals surface area (Å²) in [7, 11) is -1.58. The third-order valence-electron chi connectivity index (χ3n) is 3.06. The first-order valence-corrected chi connectivity index (χ1v) is 11.0. The smallest absolute Gasteiger partial charge is 0.242 e. The van der Waals surface area contributed by atoms with Crippen molar-refractivity contribution in [2.24, 2.45) is 4.99 Å². The second-order valence-corrected chi connectivity index (χ2v) is 10.8. The number of benzene rings is 1. The fourth-order valence-electron chi connectivity index (χ4n) is 2.04. The van der Waals surface area contributed by atoms with Gasteiger partial charge in [-0.15, -0.1) is 0 Å². The molecule has 0 spiro atoms. The topological polar surface area (TPSA) is 34.5 Å². The zero-order valence-electron chi connectivity index (χ0n) is 13.8. The van der Waals surface area contributed by atoms with Gasteiger partial charge in [0.2, 0.25) is 8.32 Å². The van der Waals surface area contributed by atoms with Crippen molar-refractivity contribution >= 4 is 14.5 Å². The lowest BCUT2D eigenvalue weighted by Gasteiger charge is -2.21. The minimum atomic E-state index is -1.58. The van der Waals surface area contributed by atoms with Gasteiger partial charge in [-0.1, -0.05) is 24.3 Å². The van der Waals surface area contributed by atoms with Crippen molar-refractivity contribution < 1.29 is 4.43 Å². The number of aromatic nitrogens is 1. The van der Waals surface area contributed by atoms with E-state index in [2.05, 4.69) is 47.8 Å². The van der Waals surface area contributed by atoms with Crippen LogP contribution >= 0.6 is 0 Å². The van der Waals surface area contributed by atoms with Crippen molar-refractivity contribution in [3.63, 3.8) is 0 Å². The average molecular weight is 312 g/mol. The predicted molar refractivity (Wildman–Crippen MR) is 95.6 cm³/mol. The van der Waals surface area contributed by atoms with Crippen molar-refractivity contribution in [3.05, 3.63) is 59.4 Å². The van der Waals surface area contributed by atoms with Gasteiger partial charge in [0.25, 0.3) is 0 Å². The van der Waals surface area contributed by atoms with Gasteiger partial charge in [0.15, 0.2) is 0 Å². The van der Waals surface area contributed by atoms with Crippen LogP contribution in [0.25, 0.3) is 0 Å². The molecule has 0 radical (unpaired) electrons. The molecule has 0 aliphatic rings. The molecule has 0 unspecified atom stereocenters. The Labute approximate surface area is 134 Å². The Morgan fingerprint density at radius 2 is 1.91 bits per heavy atom. The average Bonchev–Trinajstić information content (AvgIpc) is 2.45. The standard InChI is InChI=1S/C18H24N2OSi/c1-15-9-10-17(20-13-15)14-19-12-11-16-7-5-6-8-18(16)21-22(2,3)4/h5-10,13-14H,11-12H2,1-4H3. The van der Waals surface area contributed by atoms with Crippen molar-refractivity contribution in [1.82, 2.24) is 4.98 Å². The largest absolute Gasteiger partial charge is 0.544 e. The van der Waals surface area contributed by atoms with Crippen LogP contribution in [0.4, 0.5) is 0 Å². The number of para-hydroxylation sites is 1. The van der Waals surface area contributed by atoms with Gasteiger partial charge >= 0.3 is 0 Å². The first kappa shape index (κ1) is 16.4. The summed E-state index contributed by atoms with van der Waals surface area (Å²) in [6, 6.07) is 12.3. The minimum Gasteiger partial charge on any atom is -0.544 e. The van der Waals surface area contributed by atoms with E-state index in [0.717, 1.165) is 30.0 Å². The highest BCUT2D eigenvalue weighted by Crippen LogP contribution is 2.22. The maximum atomic E-state index is 6.14. The highest BCUT2D eigenvalue weighted by Gasteiger charge is 2.17. The number of nitrogens with zero attached hydrogens (tertiary/aromatic N) is 2. The van der Waals surface area contributed by atoms with Gasteiger partial charge in [-0.3, -0.25) is 9.98 Å². The van der Waals surface area contributed by atoms with E-state index in [0.29, 0.717) is 0 Å². The van der Waals surface area contributed by atoms with Crippen LogP contribution < -0.4 is 4.43 Å². The first-order chi connectivity index (χ1) is 10.4. The van der Waals surface area contributed by atoms with E-state index in [4.69, 9.17) is 4.43 Å². The molecule has 0 atom stereocenters. The van der Waals surface area contributed by atoms with Crippen molar-refractivity contribution in [1.29, 1.82) is 0 Å². The molecule has 0 aliphatic carbocycles. The summed E-state index contributed by atoms with van der Waals surface area (Å²) < 4.78 is 6.14. The van der Waals surface area contributed by atoms with E-state index in [9.17, 15) is 0 Å². The number of hydrogen-bond acceptors (Lipinski definition) is 3. The number of hydrogen-bond donors (Lipinski definition) is 0. The van der Waals surface area contributed by atoms with Gasteiger partial charge in [-0.05, 0) is 56.2 Å². The van der Waals surface area contributed by atoms with Crippen molar-refractivity contribution in [3.8, 4) is 5.75 Å². The van der Waals surface area contributed by atoms with Crippen LogP contribution in [-0.2, 0) is 6.42 Å². The molecule has 4 heteroatoms. The van der Waals surface area contributed by atoms with Gasteiger partial charge in [0.05, 0.1) is 5.69 Å². The van der Waals surface area contributed by atoms with E-state index in [1.807, 2.05) is 37.5 Å². The Bertz CT molecular complexity index is 630. The fraction of sp³-hybridized carbons (Fsp3) is 0.333. The summed E-state index contributed by atoms with van der Waals surface area (Å²) in [4.78, 5) is 8.79. The number of rotatable bonds is 6. The Balaban J connectivity index is 1.95.